The third-order valence-corrected chi connectivity index (χ3v) is 4.06. The van der Waals surface area contributed by atoms with Gasteiger partial charge in [-0.05, 0) is 18.2 Å². The Bertz CT molecular complexity index is 605. The van der Waals surface area contributed by atoms with Gasteiger partial charge in [0.05, 0.1) is 6.04 Å². The fourth-order valence-electron chi connectivity index (χ4n) is 2.08. The average molecular weight is 277 g/mol. The molecule has 3 rings (SSSR count). The van der Waals surface area contributed by atoms with E-state index in [2.05, 4.69) is 15.6 Å². The fraction of sp³-hybridized carbons (Fsp3) is 0.385. The van der Waals surface area contributed by atoms with Gasteiger partial charge in [0.25, 0.3) is 0 Å². The number of hydrogen-bond donors (Lipinski definition) is 2. The van der Waals surface area contributed by atoms with E-state index >= 15 is 0 Å². The Balaban J connectivity index is 1.74. The van der Waals surface area contributed by atoms with E-state index in [-0.39, 0.29) is 11.9 Å². The Morgan fingerprint density at radius 3 is 3.26 bits per heavy atom. The Labute approximate surface area is 115 Å². The number of nitrogens with zero attached hydrogens (tertiary/aromatic N) is 1. The monoisotopic (exact) mass is 277 g/mol. The van der Waals surface area contributed by atoms with Crippen molar-refractivity contribution in [3.8, 4) is 0 Å². The van der Waals surface area contributed by atoms with Gasteiger partial charge in [-0.3, -0.25) is 4.79 Å². The lowest BCUT2D eigenvalue weighted by atomic mass is 10.2. The topological polar surface area (TPSA) is 67.2 Å². The summed E-state index contributed by atoms with van der Waals surface area (Å²) in [7, 11) is 0. The Kier molecular flexibility index (Phi) is 3.44. The molecule has 0 spiro atoms. The molecular formula is C13H15N3O2S. The third kappa shape index (κ3) is 2.74. The van der Waals surface area contributed by atoms with Gasteiger partial charge in [0, 0.05) is 30.7 Å². The number of carbonyl (C=O) groups excluding carboxylic acids is 1. The number of aryl methyl sites for hydroxylation is 1. The van der Waals surface area contributed by atoms with E-state index in [1.165, 1.54) is 0 Å². The number of anilines is 1. The van der Waals surface area contributed by atoms with E-state index in [1.54, 1.807) is 18.7 Å². The molecule has 6 heteroatoms. The molecule has 2 heterocycles. The van der Waals surface area contributed by atoms with Crippen LogP contribution in [0.4, 0.5) is 5.69 Å². The zero-order chi connectivity index (χ0) is 13.2. The predicted molar refractivity (Wildman–Crippen MR) is 76.5 cm³/mol. The summed E-state index contributed by atoms with van der Waals surface area (Å²) in [6, 6.07) is 5.38. The number of rotatable bonds is 2. The summed E-state index contributed by atoms with van der Waals surface area (Å²) in [5.74, 6) is 2.51. The maximum atomic E-state index is 12.1. The smallest absolute Gasteiger partial charge is 0.242 e. The van der Waals surface area contributed by atoms with E-state index in [0.717, 1.165) is 34.8 Å². The molecule has 1 fully saturated rings. The van der Waals surface area contributed by atoms with Crippen LogP contribution < -0.4 is 10.6 Å². The first-order valence-electron chi connectivity index (χ1n) is 6.21. The number of thioether (sulfide) groups is 1. The van der Waals surface area contributed by atoms with Gasteiger partial charge < -0.3 is 15.1 Å². The van der Waals surface area contributed by atoms with Crippen molar-refractivity contribution in [3.05, 3.63) is 24.1 Å². The largest absolute Gasteiger partial charge is 0.441 e. The van der Waals surface area contributed by atoms with Gasteiger partial charge in [0.2, 0.25) is 5.91 Å². The summed E-state index contributed by atoms with van der Waals surface area (Å²) in [4.78, 5) is 16.3. The molecule has 0 saturated carbocycles. The van der Waals surface area contributed by atoms with Gasteiger partial charge >= 0.3 is 0 Å². The summed E-state index contributed by atoms with van der Waals surface area (Å²) >= 11 is 1.80. The standard InChI is InChI=1S/C13H15N3O2S/c1-8-15-10-6-9(2-3-12(10)18-8)16-13(17)11-7-19-5-4-14-11/h2-3,6,11,14H,4-5,7H2,1H3,(H,16,17). The van der Waals surface area contributed by atoms with Gasteiger partial charge in [0.15, 0.2) is 11.5 Å². The van der Waals surface area contributed by atoms with Crippen LogP contribution in [0.3, 0.4) is 0 Å². The molecule has 0 radical (unpaired) electrons. The number of oxazole rings is 1. The van der Waals surface area contributed by atoms with Crippen LogP contribution in [0.25, 0.3) is 11.1 Å². The van der Waals surface area contributed by atoms with Crippen LogP contribution in [0.1, 0.15) is 5.89 Å². The first-order valence-corrected chi connectivity index (χ1v) is 7.37. The molecular weight excluding hydrogens is 262 g/mol. The minimum Gasteiger partial charge on any atom is -0.441 e. The number of aromatic nitrogens is 1. The van der Waals surface area contributed by atoms with Crippen molar-refractivity contribution in [1.29, 1.82) is 0 Å². The van der Waals surface area contributed by atoms with Gasteiger partial charge in [-0.2, -0.15) is 11.8 Å². The maximum Gasteiger partial charge on any atom is 0.242 e. The number of benzene rings is 1. The zero-order valence-electron chi connectivity index (χ0n) is 10.6. The van der Waals surface area contributed by atoms with Crippen LogP contribution in [0.5, 0.6) is 0 Å². The molecule has 1 unspecified atom stereocenters. The second-order valence-electron chi connectivity index (χ2n) is 4.49. The summed E-state index contributed by atoms with van der Waals surface area (Å²) in [5.41, 5.74) is 2.26. The third-order valence-electron chi connectivity index (χ3n) is 3.00. The highest BCUT2D eigenvalue weighted by Gasteiger charge is 2.20. The van der Waals surface area contributed by atoms with Crippen LogP contribution in [0.2, 0.25) is 0 Å². The molecule has 1 aliphatic rings. The molecule has 1 saturated heterocycles. The summed E-state index contributed by atoms with van der Waals surface area (Å²) < 4.78 is 5.40. The molecule has 5 nitrogen and oxygen atoms in total. The summed E-state index contributed by atoms with van der Waals surface area (Å²) in [6.45, 7) is 2.69. The molecule has 0 aliphatic carbocycles. The minimum atomic E-state index is -0.117. The fourth-order valence-corrected chi connectivity index (χ4v) is 3.02. The van der Waals surface area contributed by atoms with Gasteiger partial charge in [-0.1, -0.05) is 0 Å². The summed E-state index contributed by atoms with van der Waals surface area (Å²) in [5, 5.41) is 6.13. The van der Waals surface area contributed by atoms with Crippen molar-refractivity contribution in [2.45, 2.75) is 13.0 Å². The quantitative estimate of drug-likeness (QED) is 0.876. The zero-order valence-corrected chi connectivity index (χ0v) is 11.4. The van der Waals surface area contributed by atoms with Crippen LogP contribution in [0, 0.1) is 6.92 Å². The van der Waals surface area contributed by atoms with Crippen LogP contribution in [-0.2, 0) is 4.79 Å². The lowest BCUT2D eigenvalue weighted by Crippen LogP contribution is -2.46. The second-order valence-corrected chi connectivity index (χ2v) is 5.64. The van der Waals surface area contributed by atoms with Crippen molar-refractivity contribution in [2.24, 2.45) is 0 Å². The second kappa shape index (κ2) is 5.22. The normalized spacial score (nSPS) is 19.5. The van der Waals surface area contributed by atoms with Crippen molar-refractivity contribution >= 4 is 34.5 Å². The predicted octanol–water partition coefficient (Wildman–Crippen LogP) is 1.78. The molecule has 2 aromatic rings. The minimum absolute atomic E-state index is 0.00627. The molecule has 1 aromatic heterocycles. The van der Waals surface area contributed by atoms with Gasteiger partial charge in [0.1, 0.15) is 5.52 Å². The van der Waals surface area contributed by atoms with Gasteiger partial charge in [-0.25, -0.2) is 4.98 Å². The molecule has 19 heavy (non-hydrogen) atoms. The molecule has 1 aromatic carbocycles. The van der Waals surface area contributed by atoms with Crippen molar-refractivity contribution in [3.63, 3.8) is 0 Å². The van der Waals surface area contributed by atoms with Crippen LogP contribution in [0.15, 0.2) is 22.6 Å². The maximum absolute atomic E-state index is 12.1. The van der Waals surface area contributed by atoms with Crippen molar-refractivity contribution < 1.29 is 9.21 Å². The average Bonchev–Trinajstić information content (AvgIpc) is 2.79. The molecule has 0 bridgehead atoms. The molecule has 1 amide bonds. The molecule has 100 valence electrons. The number of carbonyl (C=O) groups is 1. The van der Waals surface area contributed by atoms with Crippen molar-refractivity contribution in [1.82, 2.24) is 10.3 Å². The van der Waals surface area contributed by atoms with E-state index in [9.17, 15) is 4.79 Å². The first kappa shape index (κ1) is 12.5. The lowest BCUT2D eigenvalue weighted by Gasteiger charge is -2.22. The highest BCUT2D eigenvalue weighted by atomic mass is 32.2. The highest BCUT2D eigenvalue weighted by Crippen LogP contribution is 2.20. The van der Waals surface area contributed by atoms with Crippen LogP contribution >= 0.6 is 11.8 Å². The molecule has 1 atom stereocenters. The van der Waals surface area contributed by atoms with E-state index < -0.39 is 0 Å². The number of nitrogens with one attached hydrogen (secondary N) is 2. The number of fused-ring (bicyclic) bond motifs is 1. The van der Waals surface area contributed by atoms with E-state index in [4.69, 9.17) is 4.42 Å². The lowest BCUT2D eigenvalue weighted by molar-refractivity contribution is -0.117. The summed E-state index contributed by atoms with van der Waals surface area (Å²) in [6.07, 6.45) is 0. The molecule has 1 aliphatic heterocycles. The van der Waals surface area contributed by atoms with Crippen molar-refractivity contribution in [2.75, 3.05) is 23.4 Å². The Morgan fingerprint density at radius 1 is 1.58 bits per heavy atom. The van der Waals surface area contributed by atoms with Gasteiger partial charge in [-0.15, -0.1) is 0 Å². The number of hydrogen-bond acceptors (Lipinski definition) is 5. The SMILES string of the molecule is Cc1nc2cc(NC(=O)C3CSCCN3)ccc2o1. The molecule has 2 N–H and O–H groups in total. The highest BCUT2D eigenvalue weighted by molar-refractivity contribution is 7.99. The van der Waals surface area contributed by atoms with Crippen LogP contribution in [-0.4, -0.2) is 35.0 Å². The van der Waals surface area contributed by atoms with E-state index in [1.807, 2.05) is 18.2 Å². The Hall–Kier alpha value is -1.53. The Morgan fingerprint density at radius 2 is 2.47 bits per heavy atom. The first-order chi connectivity index (χ1) is 9.22. The number of amides is 1. The van der Waals surface area contributed by atoms with E-state index in [0.29, 0.717) is 5.89 Å².